The van der Waals surface area contributed by atoms with E-state index in [4.69, 9.17) is 0 Å². The molecule has 1 heterocycles. The molecule has 1 aromatic heterocycles. The normalized spacial score (nSPS) is 10.6. The molecule has 0 amide bonds. The van der Waals surface area contributed by atoms with Gasteiger partial charge in [0.05, 0.1) is 11.0 Å². The van der Waals surface area contributed by atoms with Crippen LogP contribution in [-0.4, -0.2) is 21.9 Å². The maximum absolute atomic E-state index is 12.1. The quantitative estimate of drug-likeness (QED) is 0.326. The Kier molecular flexibility index (Phi) is 5.84. The summed E-state index contributed by atoms with van der Waals surface area (Å²) in [6.07, 6.45) is 1.34. The van der Waals surface area contributed by atoms with E-state index >= 15 is 0 Å². The van der Waals surface area contributed by atoms with Crippen molar-refractivity contribution in [1.29, 1.82) is 0 Å². The van der Waals surface area contributed by atoms with E-state index in [-0.39, 0.29) is 23.4 Å². The lowest BCUT2D eigenvalue weighted by molar-refractivity contribution is -0.383. The van der Waals surface area contributed by atoms with E-state index in [1.807, 2.05) is 91.0 Å². The molecule has 0 saturated heterocycles. The molecule has 1 N–H and O–H groups in total. The number of para-hydroxylation sites is 1. The summed E-state index contributed by atoms with van der Waals surface area (Å²) in [5.41, 5.74) is 2.56. The fraction of sp³-hybridized carbons (Fsp3) is 0.0833. The van der Waals surface area contributed by atoms with E-state index < -0.39 is 4.92 Å². The topological polar surface area (TPSA) is 84.2 Å². The second-order valence-electron chi connectivity index (χ2n) is 6.94. The van der Waals surface area contributed by atoms with E-state index in [1.54, 1.807) is 11.9 Å². The summed E-state index contributed by atoms with van der Waals surface area (Å²) in [7, 11) is 1.75. The van der Waals surface area contributed by atoms with E-state index in [0.717, 1.165) is 16.8 Å². The van der Waals surface area contributed by atoms with Gasteiger partial charge in [0.25, 0.3) is 0 Å². The van der Waals surface area contributed by atoms with Gasteiger partial charge >= 0.3 is 5.69 Å². The van der Waals surface area contributed by atoms with Crippen LogP contribution in [0.5, 0.6) is 0 Å². The monoisotopic (exact) mass is 411 g/mol. The van der Waals surface area contributed by atoms with Crippen molar-refractivity contribution in [2.45, 2.75) is 6.04 Å². The first kappa shape index (κ1) is 20.0. The predicted octanol–water partition coefficient (Wildman–Crippen LogP) is 5.35. The zero-order chi connectivity index (χ0) is 21.6. The molecule has 31 heavy (non-hydrogen) atoms. The van der Waals surface area contributed by atoms with Gasteiger partial charge in [-0.25, -0.2) is 9.97 Å². The number of anilines is 3. The van der Waals surface area contributed by atoms with Gasteiger partial charge in [-0.05, 0) is 23.3 Å². The summed E-state index contributed by atoms with van der Waals surface area (Å²) in [5.74, 6) is 0.379. The number of aromatic nitrogens is 2. The highest BCUT2D eigenvalue weighted by Gasteiger charge is 2.28. The van der Waals surface area contributed by atoms with Crippen LogP contribution in [-0.2, 0) is 0 Å². The Hall–Kier alpha value is -4.26. The van der Waals surface area contributed by atoms with Crippen LogP contribution in [0.4, 0.5) is 23.0 Å². The SMILES string of the molecule is CN(c1ccccc1)c1ncnc(NC(c2ccccc2)c2ccccc2)c1[N+](=O)[O-]. The summed E-state index contributed by atoms with van der Waals surface area (Å²) >= 11 is 0. The van der Waals surface area contributed by atoms with Crippen molar-refractivity contribution in [2.75, 3.05) is 17.3 Å². The van der Waals surface area contributed by atoms with Crippen molar-refractivity contribution in [2.24, 2.45) is 0 Å². The number of hydrogen-bond acceptors (Lipinski definition) is 6. The van der Waals surface area contributed by atoms with Crippen molar-refractivity contribution in [3.63, 3.8) is 0 Å². The standard InChI is InChI=1S/C24H21N5O2/c1-28(20-15-9-4-10-16-20)24-22(29(30)31)23(25-17-26-24)27-21(18-11-5-2-6-12-18)19-13-7-3-8-14-19/h2-17,21H,1H3,(H,25,26,27). The number of benzene rings is 3. The van der Waals surface area contributed by atoms with Gasteiger partial charge in [-0.15, -0.1) is 0 Å². The summed E-state index contributed by atoms with van der Waals surface area (Å²) in [6.45, 7) is 0. The third kappa shape index (κ3) is 4.35. The minimum Gasteiger partial charge on any atom is -0.353 e. The first-order valence-corrected chi connectivity index (χ1v) is 9.79. The largest absolute Gasteiger partial charge is 0.353 e. The average molecular weight is 411 g/mol. The van der Waals surface area contributed by atoms with Crippen LogP contribution in [0.3, 0.4) is 0 Å². The summed E-state index contributed by atoms with van der Waals surface area (Å²) < 4.78 is 0. The second kappa shape index (κ2) is 9.04. The summed E-state index contributed by atoms with van der Waals surface area (Å²) in [4.78, 5) is 21.8. The van der Waals surface area contributed by atoms with Crippen molar-refractivity contribution in [3.8, 4) is 0 Å². The lowest BCUT2D eigenvalue weighted by Gasteiger charge is -2.22. The van der Waals surface area contributed by atoms with Crippen LogP contribution >= 0.6 is 0 Å². The Morgan fingerprint density at radius 1 is 0.839 bits per heavy atom. The van der Waals surface area contributed by atoms with E-state index in [2.05, 4.69) is 15.3 Å². The Labute approximate surface area is 180 Å². The zero-order valence-electron chi connectivity index (χ0n) is 16.9. The first-order chi connectivity index (χ1) is 15.1. The van der Waals surface area contributed by atoms with Gasteiger partial charge in [0.15, 0.2) is 0 Å². The molecule has 4 aromatic rings. The maximum Gasteiger partial charge on any atom is 0.353 e. The third-order valence-electron chi connectivity index (χ3n) is 4.99. The third-order valence-corrected chi connectivity index (χ3v) is 4.99. The van der Waals surface area contributed by atoms with Gasteiger partial charge in [0, 0.05) is 12.7 Å². The molecule has 0 radical (unpaired) electrons. The predicted molar refractivity (Wildman–Crippen MR) is 122 cm³/mol. The summed E-state index contributed by atoms with van der Waals surface area (Å²) in [6, 6.07) is 28.6. The maximum atomic E-state index is 12.1. The molecule has 0 spiro atoms. The number of nitrogens with zero attached hydrogens (tertiary/aromatic N) is 4. The number of nitrogens with one attached hydrogen (secondary N) is 1. The van der Waals surface area contributed by atoms with Crippen LogP contribution < -0.4 is 10.2 Å². The van der Waals surface area contributed by atoms with Crippen LogP contribution in [0.2, 0.25) is 0 Å². The lowest BCUT2D eigenvalue weighted by atomic mass is 9.98. The van der Waals surface area contributed by atoms with Gasteiger partial charge in [-0.1, -0.05) is 78.9 Å². The van der Waals surface area contributed by atoms with Gasteiger partial charge in [-0.3, -0.25) is 10.1 Å². The number of nitro groups is 1. The Morgan fingerprint density at radius 2 is 1.35 bits per heavy atom. The van der Waals surface area contributed by atoms with Gasteiger partial charge in [-0.2, -0.15) is 0 Å². The van der Waals surface area contributed by atoms with Crippen molar-refractivity contribution in [3.05, 3.63) is 119 Å². The first-order valence-electron chi connectivity index (χ1n) is 9.79. The van der Waals surface area contributed by atoms with Gasteiger partial charge < -0.3 is 10.2 Å². The molecule has 0 saturated carbocycles. The van der Waals surface area contributed by atoms with Crippen LogP contribution in [0, 0.1) is 10.1 Å². The molecule has 4 rings (SSSR count). The minimum absolute atomic E-state index is 0.162. The van der Waals surface area contributed by atoms with Crippen LogP contribution in [0.1, 0.15) is 17.2 Å². The molecule has 3 aromatic carbocycles. The molecular formula is C24H21N5O2. The molecule has 0 atom stereocenters. The summed E-state index contributed by atoms with van der Waals surface area (Å²) in [5, 5.41) is 15.4. The van der Waals surface area contributed by atoms with E-state index in [1.165, 1.54) is 6.33 Å². The number of hydrogen-bond donors (Lipinski definition) is 1. The molecule has 7 nitrogen and oxygen atoms in total. The van der Waals surface area contributed by atoms with Crippen molar-refractivity contribution in [1.82, 2.24) is 9.97 Å². The molecule has 0 unspecified atom stereocenters. The Balaban J connectivity index is 1.79. The molecule has 0 bridgehead atoms. The number of rotatable bonds is 7. The Morgan fingerprint density at radius 3 is 1.87 bits per heavy atom. The molecule has 0 aliphatic heterocycles. The van der Waals surface area contributed by atoms with Crippen molar-refractivity contribution >= 4 is 23.0 Å². The second-order valence-corrected chi connectivity index (χ2v) is 6.94. The molecular weight excluding hydrogens is 390 g/mol. The minimum atomic E-state index is -0.440. The van der Waals surface area contributed by atoms with Crippen LogP contribution in [0.25, 0.3) is 0 Å². The molecule has 0 aliphatic carbocycles. The highest BCUT2D eigenvalue weighted by Crippen LogP contribution is 2.37. The smallest absolute Gasteiger partial charge is 0.353 e. The van der Waals surface area contributed by atoms with Gasteiger partial charge in [0.2, 0.25) is 11.6 Å². The average Bonchev–Trinajstić information content (AvgIpc) is 2.83. The van der Waals surface area contributed by atoms with E-state index in [0.29, 0.717) is 0 Å². The highest BCUT2D eigenvalue weighted by atomic mass is 16.6. The van der Waals surface area contributed by atoms with Crippen molar-refractivity contribution < 1.29 is 4.92 Å². The lowest BCUT2D eigenvalue weighted by Crippen LogP contribution is -2.18. The fourth-order valence-electron chi connectivity index (χ4n) is 3.45. The molecule has 0 fully saturated rings. The Bertz CT molecular complexity index is 1110. The molecule has 7 heteroatoms. The van der Waals surface area contributed by atoms with E-state index in [9.17, 15) is 10.1 Å². The molecule has 0 aliphatic rings. The van der Waals surface area contributed by atoms with Crippen LogP contribution in [0.15, 0.2) is 97.3 Å². The fourth-order valence-corrected chi connectivity index (χ4v) is 3.45. The zero-order valence-corrected chi connectivity index (χ0v) is 16.9. The highest BCUT2D eigenvalue weighted by molar-refractivity contribution is 5.75. The van der Waals surface area contributed by atoms with Gasteiger partial charge in [0.1, 0.15) is 6.33 Å². The molecule has 154 valence electrons.